The summed E-state index contributed by atoms with van der Waals surface area (Å²) in [6.07, 6.45) is 5.40. The fourth-order valence-electron chi connectivity index (χ4n) is 2.75. The van der Waals surface area contributed by atoms with Gasteiger partial charge in [0, 0.05) is 34.2 Å². The number of aryl methyl sites for hydroxylation is 1. The summed E-state index contributed by atoms with van der Waals surface area (Å²) in [5, 5.41) is 4.71. The summed E-state index contributed by atoms with van der Waals surface area (Å²) >= 11 is 3.48. The predicted octanol–water partition coefficient (Wildman–Crippen LogP) is 4.53. The van der Waals surface area contributed by atoms with Crippen molar-refractivity contribution in [2.24, 2.45) is 0 Å². The summed E-state index contributed by atoms with van der Waals surface area (Å²) in [7, 11) is 0. The van der Waals surface area contributed by atoms with Crippen molar-refractivity contribution in [1.82, 2.24) is 19.6 Å². The minimum absolute atomic E-state index is 0.860. The molecule has 1 aromatic carbocycles. The first-order valence-corrected chi connectivity index (χ1v) is 8.04. The highest BCUT2D eigenvalue weighted by molar-refractivity contribution is 9.10. The molecule has 0 spiro atoms. The third-order valence-corrected chi connectivity index (χ3v) is 4.33. The molecule has 0 aliphatic heterocycles. The van der Waals surface area contributed by atoms with Crippen LogP contribution < -0.4 is 0 Å². The third kappa shape index (κ3) is 2.43. The van der Waals surface area contributed by atoms with E-state index in [1.54, 1.807) is 12.4 Å². The fraction of sp³-hybridized carbons (Fsp3) is 0.0556. The van der Waals surface area contributed by atoms with Gasteiger partial charge >= 0.3 is 0 Å². The summed E-state index contributed by atoms with van der Waals surface area (Å²) in [4.78, 5) is 8.64. The van der Waals surface area contributed by atoms with Crippen molar-refractivity contribution in [1.29, 1.82) is 0 Å². The van der Waals surface area contributed by atoms with Crippen LogP contribution in [0.3, 0.4) is 0 Å². The van der Waals surface area contributed by atoms with Crippen LogP contribution in [0.4, 0.5) is 0 Å². The predicted molar refractivity (Wildman–Crippen MR) is 94.1 cm³/mol. The zero-order valence-electron chi connectivity index (χ0n) is 12.4. The van der Waals surface area contributed by atoms with Crippen LogP contribution in [0, 0.1) is 6.92 Å². The van der Waals surface area contributed by atoms with Crippen molar-refractivity contribution in [3.05, 3.63) is 71.2 Å². The number of hydrogen-bond donors (Lipinski definition) is 0. The van der Waals surface area contributed by atoms with Crippen molar-refractivity contribution in [3.63, 3.8) is 0 Å². The van der Waals surface area contributed by atoms with Gasteiger partial charge in [-0.15, -0.1) is 0 Å². The number of aromatic nitrogens is 4. The minimum Gasteiger partial charge on any atom is -0.265 e. The summed E-state index contributed by atoms with van der Waals surface area (Å²) < 4.78 is 2.96. The lowest BCUT2D eigenvalue weighted by atomic mass is 10.1. The van der Waals surface area contributed by atoms with Crippen LogP contribution in [0.25, 0.3) is 28.0 Å². The Morgan fingerprint density at radius 1 is 0.870 bits per heavy atom. The number of hydrogen-bond acceptors (Lipinski definition) is 3. The molecule has 0 saturated heterocycles. The smallest absolute Gasteiger partial charge is 0.163 e. The number of fused-ring (bicyclic) bond motifs is 1. The Bertz CT molecular complexity index is 975. The molecule has 0 aliphatic rings. The molecule has 0 aliphatic carbocycles. The molecule has 4 rings (SSSR count). The first-order chi connectivity index (χ1) is 11.2. The molecule has 3 heterocycles. The van der Waals surface area contributed by atoms with E-state index in [1.807, 2.05) is 48.0 Å². The maximum atomic E-state index is 4.71. The molecule has 112 valence electrons. The molecular formula is C18H13BrN4. The molecule has 0 N–H and O–H groups in total. The van der Waals surface area contributed by atoms with Crippen molar-refractivity contribution in [3.8, 4) is 22.4 Å². The standard InChI is InChI=1S/C18H13BrN4/c1-12-17(14-2-4-15(19)5-3-14)18-21-11-8-16(23(18)22-12)13-6-9-20-10-7-13/h2-11H,1H3. The van der Waals surface area contributed by atoms with Gasteiger partial charge in [0.15, 0.2) is 5.65 Å². The highest BCUT2D eigenvalue weighted by Gasteiger charge is 2.15. The van der Waals surface area contributed by atoms with Crippen LogP contribution in [0.5, 0.6) is 0 Å². The van der Waals surface area contributed by atoms with E-state index in [9.17, 15) is 0 Å². The molecule has 0 saturated carbocycles. The number of pyridine rings is 1. The van der Waals surface area contributed by atoms with Gasteiger partial charge in [-0.1, -0.05) is 28.1 Å². The highest BCUT2D eigenvalue weighted by Crippen LogP contribution is 2.30. The number of rotatable bonds is 2. The highest BCUT2D eigenvalue weighted by atomic mass is 79.9. The number of benzene rings is 1. The van der Waals surface area contributed by atoms with E-state index in [2.05, 4.69) is 38.0 Å². The number of nitrogens with zero attached hydrogens (tertiary/aromatic N) is 4. The van der Waals surface area contributed by atoms with Gasteiger partial charge in [0.1, 0.15) is 0 Å². The Morgan fingerprint density at radius 2 is 1.61 bits per heavy atom. The average molecular weight is 365 g/mol. The largest absolute Gasteiger partial charge is 0.265 e. The number of halogens is 1. The normalized spacial score (nSPS) is 11.0. The van der Waals surface area contributed by atoms with Gasteiger partial charge in [-0.05, 0) is 42.8 Å². The van der Waals surface area contributed by atoms with Crippen molar-refractivity contribution < 1.29 is 0 Å². The van der Waals surface area contributed by atoms with Crippen LogP contribution in [0.15, 0.2) is 65.5 Å². The molecule has 5 heteroatoms. The van der Waals surface area contributed by atoms with Gasteiger partial charge in [-0.3, -0.25) is 4.98 Å². The van der Waals surface area contributed by atoms with Gasteiger partial charge in [-0.25, -0.2) is 9.50 Å². The average Bonchev–Trinajstić information content (AvgIpc) is 2.92. The van der Waals surface area contributed by atoms with Crippen molar-refractivity contribution >= 4 is 21.6 Å². The molecule has 4 aromatic rings. The molecule has 23 heavy (non-hydrogen) atoms. The lowest BCUT2D eigenvalue weighted by molar-refractivity contribution is 0.924. The van der Waals surface area contributed by atoms with E-state index in [0.29, 0.717) is 0 Å². The molecule has 0 atom stereocenters. The van der Waals surface area contributed by atoms with E-state index in [-0.39, 0.29) is 0 Å². The molecule has 0 amide bonds. The van der Waals surface area contributed by atoms with Gasteiger partial charge in [0.05, 0.1) is 11.4 Å². The molecule has 0 radical (unpaired) electrons. The first kappa shape index (κ1) is 14.1. The van der Waals surface area contributed by atoms with Crippen LogP contribution in [0.2, 0.25) is 0 Å². The Morgan fingerprint density at radius 3 is 2.35 bits per heavy atom. The summed E-state index contributed by atoms with van der Waals surface area (Å²) in [5.41, 5.74) is 6.06. The second-order valence-electron chi connectivity index (χ2n) is 5.27. The lowest BCUT2D eigenvalue weighted by Gasteiger charge is -2.05. The molecule has 0 fully saturated rings. The molecule has 0 bridgehead atoms. The van der Waals surface area contributed by atoms with Crippen LogP contribution in [-0.4, -0.2) is 19.6 Å². The quantitative estimate of drug-likeness (QED) is 0.524. The fourth-order valence-corrected chi connectivity index (χ4v) is 3.01. The van der Waals surface area contributed by atoms with E-state index in [4.69, 9.17) is 5.10 Å². The first-order valence-electron chi connectivity index (χ1n) is 7.25. The third-order valence-electron chi connectivity index (χ3n) is 3.80. The zero-order valence-corrected chi connectivity index (χ0v) is 14.0. The Kier molecular flexibility index (Phi) is 3.42. The topological polar surface area (TPSA) is 43.1 Å². The van der Waals surface area contributed by atoms with E-state index in [0.717, 1.165) is 38.2 Å². The summed E-state index contributed by atoms with van der Waals surface area (Å²) in [6, 6.07) is 14.1. The van der Waals surface area contributed by atoms with Crippen LogP contribution >= 0.6 is 15.9 Å². The minimum atomic E-state index is 0.860. The van der Waals surface area contributed by atoms with Gasteiger partial charge < -0.3 is 0 Å². The van der Waals surface area contributed by atoms with Crippen molar-refractivity contribution in [2.75, 3.05) is 0 Å². The Labute approximate surface area is 142 Å². The molecule has 4 nitrogen and oxygen atoms in total. The van der Waals surface area contributed by atoms with E-state index < -0.39 is 0 Å². The molecule has 0 unspecified atom stereocenters. The molecular weight excluding hydrogens is 352 g/mol. The maximum absolute atomic E-state index is 4.71. The van der Waals surface area contributed by atoms with Crippen LogP contribution in [-0.2, 0) is 0 Å². The Balaban J connectivity index is 1.98. The Hall–Kier alpha value is -2.53. The maximum Gasteiger partial charge on any atom is 0.163 e. The van der Waals surface area contributed by atoms with Gasteiger partial charge in [-0.2, -0.15) is 5.10 Å². The summed E-state index contributed by atoms with van der Waals surface area (Å²) in [5.74, 6) is 0. The van der Waals surface area contributed by atoms with Gasteiger partial charge in [0.25, 0.3) is 0 Å². The second-order valence-corrected chi connectivity index (χ2v) is 6.18. The lowest BCUT2D eigenvalue weighted by Crippen LogP contribution is -1.95. The van der Waals surface area contributed by atoms with E-state index >= 15 is 0 Å². The molecule has 3 aromatic heterocycles. The monoisotopic (exact) mass is 364 g/mol. The zero-order chi connectivity index (χ0) is 15.8. The van der Waals surface area contributed by atoms with Crippen molar-refractivity contribution in [2.45, 2.75) is 6.92 Å². The SMILES string of the molecule is Cc1nn2c(-c3ccncc3)ccnc2c1-c1ccc(Br)cc1. The summed E-state index contributed by atoms with van der Waals surface area (Å²) in [6.45, 7) is 2.02. The van der Waals surface area contributed by atoms with Gasteiger partial charge in [0.2, 0.25) is 0 Å². The van der Waals surface area contributed by atoms with Crippen LogP contribution in [0.1, 0.15) is 5.69 Å². The second kappa shape index (κ2) is 5.59. The van der Waals surface area contributed by atoms with E-state index in [1.165, 1.54) is 0 Å².